The van der Waals surface area contributed by atoms with Crippen molar-refractivity contribution in [2.24, 2.45) is 0 Å². The van der Waals surface area contributed by atoms with Crippen LogP contribution in [0.3, 0.4) is 0 Å². The molecule has 0 aliphatic rings. The highest BCUT2D eigenvalue weighted by Gasteiger charge is 2.24. The summed E-state index contributed by atoms with van der Waals surface area (Å²) in [6.45, 7) is 5.35. The van der Waals surface area contributed by atoms with Gasteiger partial charge < -0.3 is 20.1 Å². The van der Waals surface area contributed by atoms with Gasteiger partial charge in [0.25, 0.3) is 5.91 Å². The van der Waals surface area contributed by atoms with Crippen molar-refractivity contribution in [3.63, 3.8) is 0 Å². The third-order valence-corrected chi connectivity index (χ3v) is 9.03. The Labute approximate surface area is 253 Å². The molecule has 10 heteroatoms. The number of hydrogen-bond donors (Lipinski definition) is 2. The van der Waals surface area contributed by atoms with Gasteiger partial charge in [0.2, 0.25) is 0 Å². The van der Waals surface area contributed by atoms with E-state index in [1.165, 1.54) is 9.75 Å². The van der Waals surface area contributed by atoms with Crippen molar-refractivity contribution in [3.05, 3.63) is 81.0 Å². The third kappa shape index (κ3) is 10.0. The van der Waals surface area contributed by atoms with Crippen molar-refractivity contribution in [2.75, 3.05) is 26.1 Å². The fourth-order valence-corrected chi connectivity index (χ4v) is 6.54. The molecule has 2 N–H and O–H groups in total. The number of unbranched alkanes of at least 4 members (excludes halogenated alkanes) is 1. The fraction of sp³-hybridized carbons (Fsp3) is 0.438. The van der Waals surface area contributed by atoms with E-state index in [4.69, 9.17) is 4.74 Å². The lowest BCUT2D eigenvalue weighted by atomic mass is 9.93. The maximum atomic E-state index is 13.4. The molecule has 8 nitrogen and oxygen atoms in total. The first-order chi connectivity index (χ1) is 19.9. The highest BCUT2D eigenvalue weighted by atomic mass is 32.2. The molecule has 2 aromatic carbocycles. The highest BCUT2D eigenvalue weighted by molar-refractivity contribution is 7.90. The Balaban J connectivity index is 1.89. The van der Waals surface area contributed by atoms with E-state index in [0.717, 1.165) is 48.8 Å². The third-order valence-electron chi connectivity index (χ3n) is 6.89. The van der Waals surface area contributed by atoms with Crippen molar-refractivity contribution in [1.29, 1.82) is 0 Å². The van der Waals surface area contributed by atoms with Crippen LogP contribution in [-0.4, -0.2) is 62.4 Å². The van der Waals surface area contributed by atoms with Crippen molar-refractivity contribution in [1.82, 2.24) is 10.2 Å². The van der Waals surface area contributed by atoms with E-state index >= 15 is 0 Å². The summed E-state index contributed by atoms with van der Waals surface area (Å²) in [4.78, 5) is 29.8. The van der Waals surface area contributed by atoms with Gasteiger partial charge in [-0.05, 0) is 80.4 Å². The molecular formula is C32H42N2O6S2. The van der Waals surface area contributed by atoms with Gasteiger partial charge in [-0.2, -0.15) is 0 Å². The zero-order chi connectivity index (χ0) is 30.9. The Bertz CT molecular complexity index is 1470. The minimum Gasteiger partial charge on any atom is -0.480 e. The van der Waals surface area contributed by atoms with E-state index in [2.05, 4.69) is 43.4 Å². The number of carboxylic acids is 1. The maximum absolute atomic E-state index is 13.4. The Hall–Kier alpha value is -3.05. The fourth-order valence-electron chi connectivity index (χ4n) is 4.66. The molecule has 0 saturated carbocycles. The molecule has 2 atom stereocenters. The molecule has 2 unspecified atom stereocenters. The number of carbonyl (C=O) groups is 2. The average Bonchev–Trinajstić information content (AvgIpc) is 3.38. The van der Waals surface area contributed by atoms with E-state index in [0.29, 0.717) is 17.7 Å². The van der Waals surface area contributed by atoms with Crippen LogP contribution in [0.5, 0.6) is 0 Å². The normalized spacial score (nSPS) is 13.2. The summed E-state index contributed by atoms with van der Waals surface area (Å²) < 4.78 is 29.7. The summed E-state index contributed by atoms with van der Waals surface area (Å²) in [6.07, 6.45) is 3.81. The standard InChI is InChI=1S/C32H42N2O6S2/c1-6-7-12-29(30-16-14-24(41-30)20-34(3)4)40-21-23-13-15-26(27(19-23)25-11-9-8-10-22(25)2)31(35)33-28(32(36)37)17-18-42(5,38)39/h8-11,13-16,19,28-29H,6-7,12,17-18,20-21H2,1-5H3,(H,33,35)(H,36,37). The zero-order valence-corrected chi connectivity index (χ0v) is 26.7. The van der Waals surface area contributed by atoms with Crippen LogP contribution in [0.4, 0.5) is 0 Å². The molecule has 1 aromatic heterocycles. The molecular weight excluding hydrogens is 572 g/mol. The molecule has 3 aromatic rings. The lowest BCUT2D eigenvalue weighted by Crippen LogP contribution is -2.42. The number of aliphatic carboxylic acids is 1. The van der Waals surface area contributed by atoms with Gasteiger partial charge in [0.1, 0.15) is 15.9 Å². The Morgan fingerprint density at radius 2 is 1.79 bits per heavy atom. The quantitative estimate of drug-likeness (QED) is 0.208. The molecule has 1 heterocycles. The van der Waals surface area contributed by atoms with Gasteiger partial charge in [0, 0.05) is 28.1 Å². The minimum atomic E-state index is -3.39. The Morgan fingerprint density at radius 3 is 2.43 bits per heavy atom. The number of benzene rings is 2. The molecule has 3 rings (SSSR count). The van der Waals surface area contributed by atoms with Crippen molar-refractivity contribution in [3.8, 4) is 11.1 Å². The van der Waals surface area contributed by atoms with Crippen LogP contribution in [0.2, 0.25) is 0 Å². The largest absolute Gasteiger partial charge is 0.480 e. The number of rotatable bonds is 16. The van der Waals surface area contributed by atoms with E-state index in [9.17, 15) is 23.1 Å². The van der Waals surface area contributed by atoms with Gasteiger partial charge in [0.05, 0.1) is 18.5 Å². The van der Waals surface area contributed by atoms with Crippen LogP contribution in [0.1, 0.15) is 70.0 Å². The number of hydrogen-bond acceptors (Lipinski definition) is 7. The second kappa shape index (κ2) is 15.4. The number of ether oxygens (including phenoxy) is 1. The number of carbonyl (C=O) groups excluding carboxylic acids is 1. The number of aryl methyl sites for hydroxylation is 1. The zero-order valence-electron chi connectivity index (χ0n) is 25.1. The van der Waals surface area contributed by atoms with Gasteiger partial charge in [-0.15, -0.1) is 11.3 Å². The monoisotopic (exact) mass is 614 g/mol. The van der Waals surface area contributed by atoms with Crippen LogP contribution in [-0.2, 0) is 32.5 Å². The first-order valence-electron chi connectivity index (χ1n) is 14.1. The molecule has 0 radical (unpaired) electrons. The molecule has 0 aliphatic carbocycles. The number of thiophene rings is 1. The number of nitrogens with zero attached hydrogens (tertiary/aromatic N) is 1. The van der Waals surface area contributed by atoms with E-state index in [-0.39, 0.29) is 18.3 Å². The predicted octanol–water partition coefficient (Wildman–Crippen LogP) is 5.85. The lowest BCUT2D eigenvalue weighted by molar-refractivity contribution is -0.139. The van der Waals surface area contributed by atoms with E-state index in [1.807, 2.05) is 43.3 Å². The van der Waals surface area contributed by atoms with E-state index in [1.54, 1.807) is 17.4 Å². The summed E-state index contributed by atoms with van der Waals surface area (Å²) in [7, 11) is 0.718. The van der Waals surface area contributed by atoms with Crippen LogP contribution in [0.15, 0.2) is 54.6 Å². The number of nitrogens with one attached hydrogen (secondary N) is 1. The summed E-state index contributed by atoms with van der Waals surface area (Å²) in [5.41, 5.74) is 3.68. The Kier molecular flexibility index (Phi) is 12.3. The SMILES string of the molecule is CCCCC(OCc1ccc(C(=O)NC(CCS(C)(=O)=O)C(=O)O)c(-c2ccccc2C)c1)c1ccc(CN(C)C)s1. The molecule has 0 fully saturated rings. The van der Waals surface area contributed by atoms with Gasteiger partial charge in [-0.3, -0.25) is 4.79 Å². The smallest absolute Gasteiger partial charge is 0.326 e. The van der Waals surface area contributed by atoms with E-state index < -0.39 is 27.8 Å². The summed E-state index contributed by atoms with van der Waals surface area (Å²) in [5, 5.41) is 12.2. The lowest BCUT2D eigenvalue weighted by Gasteiger charge is -2.19. The average molecular weight is 615 g/mol. The predicted molar refractivity (Wildman–Crippen MR) is 169 cm³/mol. The summed E-state index contributed by atoms with van der Waals surface area (Å²) >= 11 is 1.77. The molecule has 0 spiro atoms. The first kappa shape index (κ1) is 33.5. The maximum Gasteiger partial charge on any atom is 0.326 e. The van der Waals surface area contributed by atoms with Crippen molar-refractivity contribution in [2.45, 2.75) is 64.8 Å². The van der Waals surface area contributed by atoms with Gasteiger partial charge in [0.15, 0.2) is 0 Å². The number of sulfone groups is 1. The summed E-state index contributed by atoms with van der Waals surface area (Å²) in [6, 6.07) is 16.1. The molecule has 228 valence electrons. The topological polar surface area (TPSA) is 113 Å². The molecule has 0 aliphatic heterocycles. The van der Waals surface area contributed by atoms with Crippen molar-refractivity contribution >= 4 is 33.1 Å². The van der Waals surface area contributed by atoms with Gasteiger partial charge >= 0.3 is 5.97 Å². The second-order valence-electron chi connectivity index (χ2n) is 11.0. The Morgan fingerprint density at radius 1 is 1.05 bits per heavy atom. The first-order valence-corrected chi connectivity index (χ1v) is 17.0. The highest BCUT2D eigenvalue weighted by Crippen LogP contribution is 2.33. The minimum absolute atomic E-state index is 0.0399. The van der Waals surface area contributed by atoms with Crippen LogP contribution < -0.4 is 5.32 Å². The molecule has 42 heavy (non-hydrogen) atoms. The molecule has 1 amide bonds. The number of amides is 1. The van der Waals surface area contributed by atoms with Gasteiger partial charge in [-0.25, -0.2) is 13.2 Å². The second-order valence-corrected chi connectivity index (χ2v) is 14.4. The molecule has 0 bridgehead atoms. The van der Waals surface area contributed by atoms with Crippen molar-refractivity contribution < 1.29 is 27.9 Å². The van der Waals surface area contributed by atoms with Crippen LogP contribution in [0.25, 0.3) is 11.1 Å². The van der Waals surface area contributed by atoms with Crippen LogP contribution >= 0.6 is 11.3 Å². The van der Waals surface area contributed by atoms with Gasteiger partial charge in [-0.1, -0.05) is 50.1 Å². The summed E-state index contributed by atoms with van der Waals surface area (Å²) in [5.74, 6) is -2.20. The van der Waals surface area contributed by atoms with Crippen LogP contribution in [0, 0.1) is 6.92 Å². The molecule has 0 saturated heterocycles. The number of carboxylic acid groups (broad SMARTS) is 1.